The number of halogens is 1. The van der Waals surface area contributed by atoms with Crippen molar-refractivity contribution in [3.63, 3.8) is 0 Å². The monoisotopic (exact) mass is 448 g/mol. The highest BCUT2D eigenvalue weighted by atomic mass is 32.1. The van der Waals surface area contributed by atoms with Crippen LogP contribution in [0.2, 0.25) is 0 Å². The molecule has 152 valence electrons. The SMILES string of the molecule is O=c1c(N=Nc2nccs2)c(-c2ccccc2)[nH]n1-c1nc(-c2ccc(F)cc2)cs1. The fourth-order valence-corrected chi connectivity index (χ4v) is 4.18. The van der Waals surface area contributed by atoms with Crippen LogP contribution in [-0.4, -0.2) is 19.7 Å². The van der Waals surface area contributed by atoms with E-state index in [4.69, 9.17) is 0 Å². The third kappa shape index (κ3) is 3.86. The lowest BCUT2D eigenvalue weighted by atomic mass is 10.1. The van der Waals surface area contributed by atoms with E-state index in [1.165, 1.54) is 39.5 Å². The number of hydrogen-bond donors (Lipinski definition) is 1. The van der Waals surface area contributed by atoms with Crippen LogP contribution in [0.5, 0.6) is 0 Å². The first-order chi connectivity index (χ1) is 15.2. The van der Waals surface area contributed by atoms with Gasteiger partial charge in [0.05, 0.1) is 11.4 Å². The summed E-state index contributed by atoms with van der Waals surface area (Å²) in [6.07, 6.45) is 1.62. The Morgan fingerprint density at radius 2 is 1.77 bits per heavy atom. The molecule has 1 N–H and O–H groups in total. The number of H-pyrrole nitrogens is 1. The van der Waals surface area contributed by atoms with E-state index in [2.05, 4.69) is 25.3 Å². The standard InChI is InChI=1S/C21H13FN6OS2/c22-15-8-6-13(7-9-15)16-12-31-21(24-16)28-19(29)18(25-26-20-23-10-11-30-20)17(27-28)14-4-2-1-3-5-14/h1-12,27H. The fraction of sp³-hybridized carbons (Fsp3) is 0. The van der Waals surface area contributed by atoms with Crippen molar-refractivity contribution in [1.82, 2.24) is 19.7 Å². The Balaban J connectivity index is 1.60. The molecule has 0 unspecified atom stereocenters. The quantitative estimate of drug-likeness (QED) is 0.336. The van der Waals surface area contributed by atoms with Gasteiger partial charge in [-0.1, -0.05) is 30.3 Å². The zero-order valence-corrected chi connectivity index (χ0v) is 17.4. The summed E-state index contributed by atoms with van der Waals surface area (Å²) in [6, 6.07) is 15.5. The number of aromatic amines is 1. The molecule has 0 saturated heterocycles. The van der Waals surface area contributed by atoms with Gasteiger partial charge in [0, 0.05) is 28.1 Å². The normalized spacial score (nSPS) is 11.4. The van der Waals surface area contributed by atoms with Crippen molar-refractivity contribution in [1.29, 1.82) is 0 Å². The largest absolute Gasteiger partial charge is 0.301 e. The van der Waals surface area contributed by atoms with Gasteiger partial charge in [0.25, 0.3) is 0 Å². The molecule has 31 heavy (non-hydrogen) atoms. The van der Waals surface area contributed by atoms with Gasteiger partial charge in [0.15, 0.2) is 5.69 Å². The molecule has 7 nitrogen and oxygen atoms in total. The second kappa shape index (κ2) is 8.17. The Kier molecular flexibility index (Phi) is 5.06. The lowest BCUT2D eigenvalue weighted by Crippen LogP contribution is -2.13. The van der Waals surface area contributed by atoms with Crippen LogP contribution >= 0.6 is 22.7 Å². The second-order valence-electron chi connectivity index (χ2n) is 6.38. The molecular formula is C21H13FN6OS2. The highest BCUT2D eigenvalue weighted by Gasteiger charge is 2.19. The molecule has 10 heteroatoms. The topological polar surface area (TPSA) is 88.3 Å². The summed E-state index contributed by atoms with van der Waals surface area (Å²) < 4.78 is 14.6. The maximum Gasteiger partial charge on any atom is 0.301 e. The average Bonchev–Trinajstić information content (AvgIpc) is 3.54. The zero-order valence-electron chi connectivity index (χ0n) is 15.8. The minimum Gasteiger partial charge on any atom is -0.286 e. The summed E-state index contributed by atoms with van der Waals surface area (Å²) in [5.41, 5.74) is 2.52. The van der Waals surface area contributed by atoms with E-state index in [-0.39, 0.29) is 17.1 Å². The summed E-state index contributed by atoms with van der Waals surface area (Å²) in [5, 5.41) is 15.9. The Morgan fingerprint density at radius 1 is 0.968 bits per heavy atom. The molecule has 0 aliphatic rings. The van der Waals surface area contributed by atoms with E-state index in [9.17, 15) is 9.18 Å². The number of rotatable bonds is 5. The molecule has 0 radical (unpaired) electrons. The third-order valence-corrected chi connectivity index (χ3v) is 5.89. The molecule has 5 rings (SSSR count). The Hall–Kier alpha value is -3.76. The van der Waals surface area contributed by atoms with Crippen molar-refractivity contribution in [2.24, 2.45) is 10.2 Å². The van der Waals surface area contributed by atoms with Crippen molar-refractivity contribution >= 4 is 33.5 Å². The van der Waals surface area contributed by atoms with Crippen LogP contribution in [0.4, 0.5) is 15.2 Å². The molecule has 0 saturated carbocycles. The molecule has 0 bridgehead atoms. The van der Waals surface area contributed by atoms with Crippen LogP contribution in [0.25, 0.3) is 27.6 Å². The van der Waals surface area contributed by atoms with Crippen molar-refractivity contribution in [3.8, 4) is 27.6 Å². The number of nitrogens with one attached hydrogen (secondary N) is 1. The predicted molar refractivity (Wildman–Crippen MR) is 119 cm³/mol. The lowest BCUT2D eigenvalue weighted by molar-refractivity contribution is 0.628. The third-order valence-electron chi connectivity index (χ3n) is 4.41. The zero-order chi connectivity index (χ0) is 21.2. The molecular weight excluding hydrogens is 435 g/mol. The van der Waals surface area contributed by atoms with Crippen molar-refractivity contribution in [2.45, 2.75) is 0 Å². The van der Waals surface area contributed by atoms with Gasteiger partial charge < -0.3 is 0 Å². The van der Waals surface area contributed by atoms with Gasteiger partial charge >= 0.3 is 5.56 Å². The van der Waals surface area contributed by atoms with Crippen LogP contribution < -0.4 is 5.56 Å². The molecule has 2 aromatic carbocycles. The number of thiazole rings is 2. The number of benzene rings is 2. The molecule has 0 fully saturated rings. The highest BCUT2D eigenvalue weighted by molar-refractivity contribution is 7.13. The molecule has 0 atom stereocenters. The Bertz CT molecular complexity index is 1400. The van der Waals surface area contributed by atoms with Gasteiger partial charge in [0.1, 0.15) is 5.82 Å². The van der Waals surface area contributed by atoms with Gasteiger partial charge in [0.2, 0.25) is 10.3 Å². The predicted octanol–water partition coefficient (Wildman–Crippen LogP) is 5.97. The Labute approximate surface area is 183 Å². The Morgan fingerprint density at radius 3 is 2.52 bits per heavy atom. The first-order valence-corrected chi connectivity index (χ1v) is 10.9. The van der Waals surface area contributed by atoms with Crippen LogP contribution in [0.3, 0.4) is 0 Å². The van der Waals surface area contributed by atoms with Crippen LogP contribution in [0, 0.1) is 5.82 Å². The fourth-order valence-electron chi connectivity index (χ4n) is 2.94. The van der Waals surface area contributed by atoms with Crippen molar-refractivity contribution in [2.75, 3.05) is 0 Å². The van der Waals surface area contributed by atoms with Gasteiger partial charge in [-0.05, 0) is 24.3 Å². The minimum absolute atomic E-state index is 0.167. The van der Waals surface area contributed by atoms with Crippen LogP contribution in [0.1, 0.15) is 0 Å². The average molecular weight is 449 g/mol. The maximum atomic E-state index is 13.2. The summed E-state index contributed by atoms with van der Waals surface area (Å²) in [6.45, 7) is 0. The highest BCUT2D eigenvalue weighted by Crippen LogP contribution is 2.30. The summed E-state index contributed by atoms with van der Waals surface area (Å²) in [7, 11) is 0. The first kappa shape index (κ1) is 19.2. The van der Waals surface area contributed by atoms with E-state index in [1.54, 1.807) is 23.7 Å². The van der Waals surface area contributed by atoms with E-state index >= 15 is 0 Å². The lowest BCUT2D eigenvalue weighted by Gasteiger charge is -1.99. The minimum atomic E-state index is -0.376. The van der Waals surface area contributed by atoms with E-state index in [0.29, 0.717) is 21.7 Å². The molecule has 3 heterocycles. The maximum absolute atomic E-state index is 13.2. The summed E-state index contributed by atoms with van der Waals surface area (Å²) >= 11 is 2.62. The molecule has 5 aromatic rings. The van der Waals surface area contributed by atoms with Crippen molar-refractivity contribution in [3.05, 3.63) is 87.7 Å². The van der Waals surface area contributed by atoms with Crippen LogP contribution in [-0.2, 0) is 0 Å². The molecule has 0 aliphatic heterocycles. The van der Waals surface area contributed by atoms with Crippen LogP contribution in [0.15, 0.2) is 86.6 Å². The number of aromatic nitrogens is 4. The van der Waals surface area contributed by atoms with Gasteiger partial charge in [-0.15, -0.1) is 32.9 Å². The smallest absolute Gasteiger partial charge is 0.286 e. The van der Waals surface area contributed by atoms with E-state index in [0.717, 1.165) is 11.1 Å². The van der Waals surface area contributed by atoms with Crippen molar-refractivity contribution < 1.29 is 4.39 Å². The summed E-state index contributed by atoms with van der Waals surface area (Å²) in [4.78, 5) is 21.8. The van der Waals surface area contributed by atoms with E-state index < -0.39 is 0 Å². The summed E-state index contributed by atoms with van der Waals surface area (Å²) in [5.74, 6) is -0.317. The van der Waals surface area contributed by atoms with Gasteiger partial charge in [-0.2, -0.15) is 4.68 Å². The number of hydrogen-bond acceptors (Lipinski definition) is 7. The number of azo groups is 1. The van der Waals surface area contributed by atoms with Gasteiger partial charge in [-0.3, -0.25) is 9.89 Å². The molecule has 3 aromatic heterocycles. The van der Waals surface area contributed by atoms with Gasteiger partial charge in [-0.25, -0.2) is 14.4 Å². The second-order valence-corrected chi connectivity index (χ2v) is 8.09. The van der Waals surface area contributed by atoms with E-state index in [1.807, 2.05) is 35.7 Å². The molecule has 0 spiro atoms. The molecule has 0 amide bonds. The first-order valence-electron chi connectivity index (χ1n) is 9.12. The number of nitrogens with zero attached hydrogens (tertiary/aromatic N) is 5. The molecule has 0 aliphatic carbocycles.